The number of nitrogens with zero attached hydrogens (tertiary/aromatic N) is 1. The van der Waals surface area contributed by atoms with Crippen molar-refractivity contribution in [1.82, 2.24) is 9.88 Å². The smallest absolute Gasteiger partial charge is 0.270 e. The average Bonchev–Trinajstić information content (AvgIpc) is 3.01. The van der Waals surface area contributed by atoms with Crippen LogP contribution in [0, 0.1) is 6.92 Å². The lowest BCUT2D eigenvalue weighted by Crippen LogP contribution is -2.44. The molecule has 0 fully saturated rings. The van der Waals surface area contributed by atoms with Crippen molar-refractivity contribution in [3.63, 3.8) is 0 Å². The predicted octanol–water partition coefficient (Wildman–Crippen LogP) is 4.50. The SMILES string of the molecule is CCCN(C(=O)c1[nH]c(C)c(C(C)=O)c1CC)C1CCc2ccccc2C1. The summed E-state index contributed by atoms with van der Waals surface area (Å²) >= 11 is 0. The number of carbonyl (C=O) groups excluding carboxylic acids is 2. The van der Waals surface area contributed by atoms with Gasteiger partial charge in [0.1, 0.15) is 5.69 Å². The van der Waals surface area contributed by atoms with Gasteiger partial charge in [-0.05, 0) is 62.6 Å². The van der Waals surface area contributed by atoms with Gasteiger partial charge < -0.3 is 9.88 Å². The van der Waals surface area contributed by atoms with Crippen molar-refractivity contribution >= 4 is 11.7 Å². The van der Waals surface area contributed by atoms with Crippen LogP contribution >= 0.6 is 0 Å². The second-order valence-electron chi connectivity index (χ2n) is 7.55. The molecule has 27 heavy (non-hydrogen) atoms. The molecule has 4 nitrogen and oxygen atoms in total. The maximum absolute atomic E-state index is 13.5. The fraction of sp³-hybridized carbons (Fsp3) is 0.478. The molecule has 0 spiro atoms. The van der Waals surface area contributed by atoms with Crippen LogP contribution in [0.15, 0.2) is 24.3 Å². The molecule has 1 atom stereocenters. The minimum Gasteiger partial charge on any atom is -0.354 e. The summed E-state index contributed by atoms with van der Waals surface area (Å²) in [6.07, 6.45) is 4.50. The Hall–Kier alpha value is -2.36. The van der Waals surface area contributed by atoms with E-state index in [1.807, 2.05) is 18.7 Å². The molecule has 4 heteroatoms. The van der Waals surface area contributed by atoms with Gasteiger partial charge in [-0.25, -0.2) is 0 Å². The van der Waals surface area contributed by atoms with Crippen LogP contribution in [0.3, 0.4) is 0 Å². The zero-order chi connectivity index (χ0) is 19.6. The van der Waals surface area contributed by atoms with Crippen molar-refractivity contribution in [1.29, 1.82) is 0 Å². The number of amides is 1. The molecule has 3 rings (SSSR count). The van der Waals surface area contributed by atoms with E-state index < -0.39 is 0 Å². The maximum Gasteiger partial charge on any atom is 0.270 e. The average molecular weight is 367 g/mol. The van der Waals surface area contributed by atoms with Crippen LogP contribution in [-0.4, -0.2) is 34.2 Å². The van der Waals surface area contributed by atoms with Crippen LogP contribution in [-0.2, 0) is 19.3 Å². The van der Waals surface area contributed by atoms with Gasteiger partial charge in [0.2, 0.25) is 0 Å². The first-order chi connectivity index (χ1) is 13.0. The summed E-state index contributed by atoms with van der Waals surface area (Å²) in [6, 6.07) is 8.75. The highest BCUT2D eigenvalue weighted by atomic mass is 16.2. The molecular formula is C23H30N2O2. The number of hydrogen-bond donors (Lipinski definition) is 1. The molecule has 1 aromatic carbocycles. The molecular weight excluding hydrogens is 336 g/mol. The number of fused-ring (bicyclic) bond motifs is 1. The number of ketones is 1. The molecule has 1 heterocycles. The van der Waals surface area contributed by atoms with Gasteiger partial charge in [-0.15, -0.1) is 0 Å². The van der Waals surface area contributed by atoms with Gasteiger partial charge >= 0.3 is 0 Å². The van der Waals surface area contributed by atoms with Crippen LogP contribution < -0.4 is 0 Å². The number of benzene rings is 1. The van der Waals surface area contributed by atoms with Crippen molar-refractivity contribution in [3.05, 3.63) is 57.9 Å². The normalized spacial score (nSPS) is 16.1. The fourth-order valence-electron chi connectivity index (χ4n) is 4.47. The van der Waals surface area contributed by atoms with E-state index in [0.717, 1.165) is 43.5 Å². The third-order valence-corrected chi connectivity index (χ3v) is 5.70. The van der Waals surface area contributed by atoms with Crippen LogP contribution in [0.4, 0.5) is 0 Å². The van der Waals surface area contributed by atoms with E-state index in [1.54, 1.807) is 6.92 Å². The van der Waals surface area contributed by atoms with Crippen LogP contribution in [0.5, 0.6) is 0 Å². The third-order valence-electron chi connectivity index (χ3n) is 5.70. The number of nitrogens with one attached hydrogen (secondary N) is 1. The molecule has 0 saturated carbocycles. The highest BCUT2D eigenvalue weighted by molar-refractivity contribution is 6.02. The first-order valence-corrected chi connectivity index (χ1v) is 10.1. The van der Waals surface area contributed by atoms with Crippen LogP contribution in [0.2, 0.25) is 0 Å². The summed E-state index contributed by atoms with van der Waals surface area (Å²) in [6.45, 7) is 8.31. The number of Topliss-reactive ketones (excluding diaryl/α,β-unsaturated/α-hetero) is 1. The van der Waals surface area contributed by atoms with E-state index in [1.165, 1.54) is 11.1 Å². The lowest BCUT2D eigenvalue weighted by molar-refractivity contribution is 0.0655. The molecule has 1 unspecified atom stereocenters. The Bertz CT molecular complexity index is 850. The second-order valence-corrected chi connectivity index (χ2v) is 7.55. The largest absolute Gasteiger partial charge is 0.354 e. The van der Waals surface area contributed by atoms with E-state index in [-0.39, 0.29) is 17.7 Å². The van der Waals surface area contributed by atoms with E-state index in [0.29, 0.717) is 17.7 Å². The van der Waals surface area contributed by atoms with Gasteiger partial charge in [-0.3, -0.25) is 9.59 Å². The Morgan fingerprint density at radius 2 is 1.89 bits per heavy atom. The number of rotatable bonds is 6. The van der Waals surface area contributed by atoms with Gasteiger partial charge in [-0.2, -0.15) is 0 Å². The zero-order valence-electron chi connectivity index (χ0n) is 16.9. The third kappa shape index (κ3) is 3.71. The number of hydrogen-bond acceptors (Lipinski definition) is 2. The summed E-state index contributed by atoms with van der Waals surface area (Å²) in [5.74, 6) is 0.0574. The molecule has 1 amide bonds. The minimum absolute atomic E-state index is 0.0216. The molecule has 0 bridgehead atoms. The van der Waals surface area contributed by atoms with Gasteiger partial charge in [0.05, 0.1) is 0 Å². The first-order valence-electron chi connectivity index (χ1n) is 10.1. The molecule has 1 aliphatic carbocycles. The van der Waals surface area contributed by atoms with Gasteiger partial charge in [0.15, 0.2) is 5.78 Å². The number of aryl methyl sites for hydroxylation is 2. The van der Waals surface area contributed by atoms with Crippen LogP contribution in [0.1, 0.15) is 76.8 Å². The molecule has 1 aromatic heterocycles. The van der Waals surface area contributed by atoms with E-state index >= 15 is 0 Å². The van der Waals surface area contributed by atoms with Crippen molar-refractivity contribution in [2.24, 2.45) is 0 Å². The number of aromatic amines is 1. The van der Waals surface area contributed by atoms with Crippen molar-refractivity contribution in [2.45, 2.75) is 65.8 Å². The van der Waals surface area contributed by atoms with Crippen molar-refractivity contribution in [2.75, 3.05) is 6.54 Å². The van der Waals surface area contributed by atoms with Crippen molar-refractivity contribution < 1.29 is 9.59 Å². The van der Waals surface area contributed by atoms with E-state index in [9.17, 15) is 9.59 Å². The van der Waals surface area contributed by atoms with E-state index in [2.05, 4.69) is 36.2 Å². The lowest BCUT2D eigenvalue weighted by Gasteiger charge is -2.35. The number of carbonyl (C=O) groups is 2. The lowest BCUT2D eigenvalue weighted by atomic mass is 9.87. The number of aromatic nitrogens is 1. The summed E-state index contributed by atoms with van der Waals surface area (Å²) in [7, 11) is 0. The molecule has 1 N–H and O–H groups in total. The van der Waals surface area contributed by atoms with Crippen molar-refractivity contribution in [3.8, 4) is 0 Å². The van der Waals surface area contributed by atoms with Crippen LogP contribution in [0.25, 0.3) is 0 Å². The predicted molar refractivity (Wildman–Crippen MR) is 108 cm³/mol. The first kappa shape index (κ1) is 19.4. The second kappa shape index (κ2) is 8.12. The zero-order valence-corrected chi connectivity index (χ0v) is 16.9. The fourth-order valence-corrected chi connectivity index (χ4v) is 4.47. The molecule has 0 aliphatic heterocycles. The molecule has 2 aromatic rings. The summed E-state index contributed by atoms with van der Waals surface area (Å²) in [5, 5.41) is 0. The standard InChI is InChI=1S/C23H30N2O2/c1-5-13-25(19-12-11-17-9-7-8-10-18(17)14-19)23(27)22-20(6-2)21(16(4)26)15(3)24-22/h7-10,19,24H,5-6,11-14H2,1-4H3. The van der Waals surface area contributed by atoms with Gasteiger partial charge in [0.25, 0.3) is 5.91 Å². The summed E-state index contributed by atoms with van der Waals surface area (Å²) in [5.41, 5.74) is 5.71. The summed E-state index contributed by atoms with van der Waals surface area (Å²) < 4.78 is 0. The molecule has 1 aliphatic rings. The molecule has 0 saturated heterocycles. The molecule has 0 radical (unpaired) electrons. The monoisotopic (exact) mass is 366 g/mol. The summed E-state index contributed by atoms with van der Waals surface area (Å²) in [4.78, 5) is 30.8. The highest BCUT2D eigenvalue weighted by Gasteiger charge is 2.31. The minimum atomic E-state index is 0.0216. The number of H-pyrrole nitrogens is 1. The topological polar surface area (TPSA) is 53.2 Å². The maximum atomic E-state index is 13.5. The Morgan fingerprint density at radius 1 is 1.19 bits per heavy atom. The Morgan fingerprint density at radius 3 is 2.52 bits per heavy atom. The quantitative estimate of drug-likeness (QED) is 0.766. The molecule has 144 valence electrons. The Labute approximate surface area is 162 Å². The van der Waals surface area contributed by atoms with Gasteiger partial charge in [-0.1, -0.05) is 38.1 Å². The Kier molecular flexibility index (Phi) is 5.83. The Balaban J connectivity index is 1.93. The highest BCUT2D eigenvalue weighted by Crippen LogP contribution is 2.28. The van der Waals surface area contributed by atoms with E-state index in [4.69, 9.17) is 0 Å². The van der Waals surface area contributed by atoms with Gasteiger partial charge in [0, 0.05) is 23.8 Å².